The first kappa shape index (κ1) is 8.24. The van der Waals surface area contributed by atoms with Crippen molar-refractivity contribution in [3.05, 3.63) is 29.3 Å². The summed E-state index contributed by atoms with van der Waals surface area (Å²) in [6.07, 6.45) is 0. The van der Waals surface area contributed by atoms with Crippen molar-refractivity contribution in [3.63, 3.8) is 0 Å². The molecule has 0 aliphatic rings. The predicted molar refractivity (Wildman–Crippen MR) is 53.6 cm³/mol. The number of fused-ring (bicyclic) bond motifs is 1. The minimum atomic E-state index is -0.115. The van der Waals surface area contributed by atoms with Gasteiger partial charge >= 0.3 is 0 Å². The summed E-state index contributed by atoms with van der Waals surface area (Å²) < 4.78 is 1.13. The van der Waals surface area contributed by atoms with E-state index in [-0.39, 0.29) is 6.61 Å². The van der Waals surface area contributed by atoms with Gasteiger partial charge in [0.1, 0.15) is 6.61 Å². The van der Waals surface area contributed by atoms with Gasteiger partial charge in [-0.3, -0.25) is 0 Å². The zero-order valence-electron chi connectivity index (χ0n) is 6.82. The zero-order valence-corrected chi connectivity index (χ0v) is 7.64. The molecule has 0 bridgehead atoms. The normalized spacial score (nSPS) is 9.62. The molecule has 0 saturated heterocycles. The number of aromatic nitrogens is 1. The highest BCUT2D eigenvalue weighted by atomic mass is 32.1. The van der Waals surface area contributed by atoms with Gasteiger partial charge in [-0.25, -0.2) is 4.98 Å². The molecule has 0 unspecified atom stereocenters. The number of rotatable bonds is 0. The highest BCUT2D eigenvalue weighted by Crippen LogP contribution is 2.20. The van der Waals surface area contributed by atoms with E-state index in [1.165, 1.54) is 0 Å². The van der Waals surface area contributed by atoms with Crippen LogP contribution in [0.15, 0.2) is 24.3 Å². The first-order chi connectivity index (χ1) is 6.40. The Labute approximate surface area is 79.9 Å². The van der Waals surface area contributed by atoms with Crippen LogP contribution >= 0.6 is 11.3 Å². The van der Waals surface area contributed by atoms with Gasteiger partial charge in [0.25, 0.3) is 0 Å². The van der Waals surface area contributed by atoms with Crippen molar-refractivity contribution in [2.75, 3.05) is 6.61 Å². The van der Waals surface area contributed by atoms with Crippen molar-refractivity contribution in [1.29, 1.82) is 0 Å². The van der Waals surface area contributed by atoms with Gasteiger partial charge in [0, 0.05) is 0 Å². The van der Waals surface area contributed by atoms with E-state index < -0.39 is 0 Å². The molecule has 0 amide bonds. The Morgan fingerprint density at radius 3 is 3.00 bits per heavy atom. The third-order valence-corrected chi connectivity index (χ3v) is 2.52. The van der Waals surface area contributed by atoms with Crippen molar-refractivity contribution in [3.8, 4) is 11.8 Å². The Balaban J connectivity index is 2.50. The molecule has 13 heavy (non-hydrogen) atoms. The second kappa shape index (κ2) is 3.56. The molecule has 1 N–H and O–H groups in total. The van der Waals surface area contributed by atoms with Crippen LogP contribution in [0.4, 0.5) is 0 Å². The number of aliphatic hydroxyl groups excluding tert-OH is 1. The van der Waals surface area contributed by atoms with Gasteiger partial charge in [0.15, 0.2) is 5.01 Å². The fourth-order valence-electron chi connectivity index (χ4n) is 1.04. The van der Waals surface area contributed by atoms with E-state index in [1.54, 1.807) is 11.3 Å². The van der Waals surface area contributed by atoms with Crippen LogP contribution in [0.5, 0.6) is 0 Å². The third kappa shape index (κ3) is 1.69. The summed E-state index contributed by atoms with van der Waals surface area (Å²) in [5.41, 5.74) is 0.967. The first-order valence-corrected chi connectivity index (χ1v) is 4.67. The summed E-state index contributed by atoms with van der Waals surface area (Å²) in [7, 11) is 0. The Hall–Kier alpha value is -1.37. The molecule has 2 aromatic rings. The molecule has 0 aliphatic heterocycles. The van der Waals surface area contributed by atoms with Gasteiger partial charge in [0.05, 0.1) is 10.2 Å². The Kier molecular flexibility index (Phi) is 2.26. The molecule has 0 aliphatic carbocycles. The second-order valence-electron chi connectivity index (χ2n) is 2.45. The third-order valence-electron chi connectivity index (χ3n) is 1.57. The lowest BCUT2D eigenvalue weighted by atomic mass is 10.3. The molecule has 0 atom stereocenters. The second-order valence-corrected chi connectivity index (χ2v) is 3.48. The van der Waals surface area contributed by atoms with Crippen LogP contribution < -0.4 is 0 Å². The average molecular weight is 189 g/mol. The van der Waals surface area contributed by atoms with E-state index in [9.17, 15) is 0 Å². The summed E-state index contributed by atoms with van der Waals surface area (Å²) in [5.74, 6) is 5.37. The van der Waals surface area contributed by atoms with Crippen molar-refractivity contribution >= 4 is 21.6 Å². The summed E-state index contributed by atoms with van der Waals surface area (Å²) in [6.45, 7) is -0.115. The number of nitrogens with zero attached hydrogens (tertiary/aromatic N) is 1. The summed E-state index contributed by atoms with van der Waals surface area (Å²) in [6, 6.07) is 7.89. The Bertz CT molecular complexity index is 445. The number of hydrogen-bond donors (Lipinski definition) is 1. The van der Waals surface area contributed by atoms with Gasteiger partial charge in [-0.1, -0.05) is 18.1 Å². The molecule has 1 aromatic carbocycles. The van der Waals surface area contributed by atoms with Gasteiger partial charge in [0.2, 0.25) is 0 Å². The highest BCUT2D eigenvalue weighted by molar-refractivity contribution is 7.19. The Morgan fingerprint density at radius 1 is 1.38 bits per heavy atom. The SMILES string of the molecule is OCC#Cc1nc2ccccc2s1. The molecule has 0 saturated carbocycles. The molecular weight excluding hydrogens is 182 g/mol. The number of thiazole rings is 1. The topological polar surface area (TPSA) is 33.1 Å². The number of para-hydroxylation sites is 1. The summed E-state index contributed by atoms with van der Waals surface area (Å²) in [5, 5.41) is 9.27. The maximum absolute atomic E-state index is 8.51. The monoisotopic (exact) mass is 189 g/mol. The highest BCUT2D eigenvalue weighted by Gasteiger charge is 1.98. The van der Waals surface area contributed by atoms with Crippen LogP contribution in [0.2, 0.25) is 0 Å². The lowest BCUT2D eigenvalue weighted by Crippen LogP contribution is -1.73. The number of benzene rings is 1. The molecule has 0 spiro atoms. The molecule has 1 heterocycles. The molecule has 0 fully saturated rings. The quantitative estimate of drug-likeness (QED) is 0.639. The van der Waals surface area contributed by atoms with Crippen LogP contribution in [0, 0.1) is 11.8 Å². The van der Waals surface area contributed by atoms with Crippen molar-refractivity contribution in [2.45, 2.75) is 0 Å². The van der Waals surface area contributed by atoms with E-state index >= 15 is 0 Å². The molecule has 0 radical (unpaired) electrons. The predicted octanol–water partition coefficient (Wildman–Crippen LogP) is 1.64. The zero-order chi connectivity index (χ0) is 9.10. The van der Waals surface area contributed by atoms with Gasteiger partial charge in [-0.05, 0) is 18.1 Å². The summed E-state index contributed by atoms with van der Waals surface area (Å²) in [4.78, 5) is 4.28. The van der Waals surface area contributed by atoms with Gasteiger partial charge in [-0.2, -0.15) is 0 Å². The van der Waals surface area contributed by atoms with Gasteiger partial charge in [-0.15, -0.1) is 11.3 Å². The van der Waals surface area contributed by atoms with Crippen LogP contribution in [-0.4, -0.2) is 16.7 Å². The maximum atomic E-state index is 8.51. The van der Waals surface area contributed by atoms with Crippen molar-refractivity contribution in [2.24, 2.45) is 0 Å². The lowest BCUT2D eigenvalue weighted by molar-refractivity contribution is 0.350. The van der Waals surface area contributed by atoms with E-state index in [2.05, 4.69) is 16.8 Å². The largest absolute Gasteiger partial charge is 0.384 e. The fourth-order valence-corrected chi connectivity index (χ4v) is 1.88. The fraction of sp³-hybridized carbons (Fsp3) is 0.100. The first-order valence-electron chi connectivity index (χ1n) is 3.85. The van der Waals surface area contributed by atoms with E-state index in [0.29, 0.717) is 0 Å². The maximum Gasteiger partial charge on any atom is 0.168 e. The molecule has 2 rings (SSSR count). The lowest BCUT2D eigenvalue weighted by Gasteiger charge is -1.80. The molecule has 64 valence electrons. The number of aliphatic hydroxyl groups is 1. The van der Waals surface area contributed by atoms with Crippen LogP contribution in [0.25, 0.3) is 10.2 Å². The molecular formula is C10H7NOS. The van der Waals surface area contributed by atoms with Crippen molar-refractivity contribution in [1.82, 2.24) is 4.98 Å². The molecule has 1 aromatic heterocycles. The van der Waals surface area contributed by atoms with E-state index in [0.717, 1.165) is 15.2 Å². The van der Waals surface area contributed by atoms with Gasteiger partial charge < -0.3 is 5.11 Å². The van der Waals surface area contributed by atoms with Crippen LogP contribution in [0.1, 0.15) is 5.01 Å². The van der Waals surface area contributed by atoms with E-state index in [1.807, 2.05) is 24.3 Å². The minimum absolute atomic E-state index is 0.115. The average Bonchev–Trinajstić information content (AvgIpc) is 2.57. The standard InChI is InChI=1S/C10H7NOS/c12-7-3-6-10-11-8-4-1-2-5-9(8)13-10/h1-2,4-5,12H,7H2. The van der Waals surface area contributed by atoms with E-state index in [4.69, 9.17) is 5.11 Å². The molecule has 3 heteroatoms. The van der Waals surface area contributed by atoms with Crippen LogP contribution in [-0.2, 0) is 0 Å². The number of hydrogen-bond acceptors (Lipinski definition) is 3. The summed E-state index contributed by atoms with van der Waals surface area (Å²) >= 11 is 1.54. The minimum Gasteiger partial charge on any atom is -0.384 e. The van der Waals surface area contributed by atoms with Crippen molar-refractivity contribution < 1.29 is 5.11 Å². The van der Waals surface area contributed by atoms with Crippen LogP contribution in [0.3, 0.4) is 0 Å². The smallest absolute Gasteiger partial charge is 0.168 e. The molecule has 2 nitrogen and oxygen atoms in total. The Morgan fingerprint density at radius 2 is 2.23 bits per heavy atom.